The first kappa shape index (κ1) is 20.7. The first-order valence-electron chi connectivity index (χ1n) is 8.96. The molecule has 0 atom stereocenters. The molecular formula is C21H23NO4S. The Morgan fingerprint density at radius 2 is 1.93 bits per heavy atom. The molecule has 1 aromatic heterocycles. The topological polar surface area (TPSA) is 76.4 Å². The quantitative estimate of drug-likeness (QED) is 0.342. The second-order valence-corrected chi connectivity index (χ2v) is 7.16. The first-order valence-corrected chi connectivity index (χ1v) is 9.78. The molecule has 0 aliphatic heterocycles. The second kappa shape index (κ2) is 10.5. The summed E-state index contributed by atoms with van der Waals surface area (Å²) in [6.45, 7) is 6.20. The highest BCUT2D eigenvalue weighted by atomic mass is 32.1. The van der Waals surface area contributed by atoms with Crippen LogP contribution in [0.1, 0.15) is 43.2 Å². The zero-order chi connectivity index (χ0) is 19.6. The van der Waals surface area contributed by atoms with Gasteiger partial charge in [-0.15, -0.1) is 0 Å². The molecule has 5 nitrogen and oxygen atoms in total. The van der Waals surface area contributed by atoms with Gasteiger partial charge in [0.15, 0.2) is 0 Å². The minimum Gasteiger partial charge on any atom is -0.494 e. The molecule has 0 bridgehead atoms. The van der Waals surface area contributed by atoms with Crippen molar-refractivity contribution in [3.63, 3.8) is 0 Å². The van der Waals surface area contributed by atoms with E-state index in [1.807, 2.05) is 24.3 Å². The Morgan fingerprint density at radius 3 is 2.63 bits per heavy atom. The monoisotopic (exact) mass is 385 g/mol. The molecule has 0 saturated heterocycles. The number of carbonyl (C=O) groups is 1. The Hall–Kier alpha value is -2.65. The van der Waals surface area contributed by atoms with Crippen LogP contribution < -0.4 is 9.48 Å². The standard InChI is InChI=1S/C21H23NO4S/c1-3-20(23)26-12-8-6-4-5-7-11-25-16-9-10-17-15(2)18(14-22)21(24)27-19(17)13-16/h3,9-10,13H,1,4-8,11-12H2,2H3. The maximum Gasteiger partial charge on any atom is 0.330 e. The van der Waals surface area contributed by atoms with Crippen LogP contribution >= 0.6 is 11.3 Å². The van der Waals surface area contributed by atoms with Crippen molar-refractivity contribution in [2.24, 2.45) is 0 Å². The van der Waals surface area contributed by atoms with Crippen LogP contribution in [0.5, 0.6) is 5.75 Å². The van der Waals surface area contributed by atoms with Crippen LogP contribution in [0.25, 0.3) is 10.1 Å². The van der Waals surface area contributed by atoms with Gasteiger partial charge in [-0.25, -0.2) is 4.79 Å². The number of rotatable bonds is 10. The van der Waals surface area contributed by atoms with Gasteiger partial charge in [-0.2, -0.15) is 5.26 Å². The third-order valence-electron chi connectivity index (χ3n) is 4.22. The van der Waals surface area contributed by atoms with Crippen molar-refractivity contribution in [2.45, 2.75) is 39.0 Å². The summed E-state index contributed by atoms with van der Waals surface area (Å²) in [6.07, 6.45) is 6.08. The molecule has 0 radical (unpaired) electrons. The zero-order valence-electron chi connectivity index (χ0n) is 15.5. The van der Waals surface area contributed by atoms with Crippen molar-refractivity contribution in [1.82, 2.24) is 0 Å². The molecule has 0 fully saturated rings. The fourth-order valence-corrected chi connectivity index (χ4v) is 3.72. The van der Waals surface area contributed by atoms with Gasteiger partial charge in [0.1, 0.15) is 17.4 Å². The number of unbranched alkanes of at least 4 members (excludes halogenated alkanes) is 4. The van der Waals surface area contributed by atoms with Crippen molar-refractivity contribution in [1.29, 1.82) is 5.26 Å². The molecule has 0 N–H and O–H groups in total. The number of nitriles is 1. The van der Waals surface area contributed by atoms with E-state index >= 15 is 0 Å². The lowest BCUT2D eigenvalue weighted by Gasteiger charge is -2.08. The molecule has 0 saturated carbocycles. The molecule has 27 heavy (non-hydrogen) atoms. The van der Waals surface area contributed by atoms with E-state index in [1.165, 1.54) is 6.08 Å². The summed E-state index contributed by atoms with van der Waals surface area (Å²) in [6, 6.07) is 7.63. The Morgan fingerprint density at radius 1 is 1.22 bits per heavy atom. The van der Waals surface area contributed by atoms with Crippen LogP contribution in [0.4, 0.5) is 0 Å². The Labute approximate surface area is 162 Å². The van der Waals surface area contributed by atoms with Gasteiger partial charge in [0, 0.05) is 10.8 Å². The lowest BCUT2D eigenvalue weighted by atomic mass is 10.1. The van der Waals surface area contributed by atoms with Gasteiger partial charge in [0.25, 0.3) is 4.74 Å². The fraction of sp³-hybridized carbons (Fsp3) is 0.381. The predicted molar refractivity (Wildman–Crippen MR) is 107 cm³/mol. The molecule has 0 aliphatic carbocycles. The average Bonchev–Trinajstić information content (AvgIpc) is 2.66. The van der Waals surface area contributed by atoms with Gasteiger partial charge in [0.05, 0.1) is 13.2 Å². The number of benzene rings is 1. The summed E-state index contributed by atoms with van der Waals surface area (Å²) in [7, 11) is 0. The van der Waals surface area contributed by atoms with Gasteiger partial charge in [-0.3, -0.25) is 4.79 Å². The van der Waals surface area contributed by atoms with E-state index in [-0.39, 0.29) is 16.3 Å². The molecule has 2 rings (SSSR count). The smallest absolute Gasteiger partial charge is 0.330 e. The minimum atomic E-state index is -0.372. The normalized spacial score (nSPS) is 10.4. The number of aryl methyl sites for hydroxylation is 1. The summed E-state index contributed by atoms with van der Waals surface area (Å²) in [5.74, 6) is 0.362. The Balaban J connectivity index is 1.75. The summed E-state index contributed by atoms with van der Waals surface area (Å²) in [4.78, 5) is 22.9. The molecule has 1 heterocycles. The van der Waals surface area contributed by atoms with Gasteiger partial charge >= 0.3 is 5.97 Å². The number of fused-ring (bicyclic) bond motifs is 1. The highest BCUT2D eigenvalue weighted by Crippen LogP contribution is 2.26. The molecule has 1 aromatic carbocycles. The molecule has 2 aromatic rings. The van der Waals surface area contributed by atoms with Crippen LogP contribution in [0.15, 0.2) is 35.6 Å². The third kappa shape index (κ3) is 5.93. The largest absolute Gasteiger partial charge is 0.494 e. The second-order valence-electron chi connectivity index (χ2n) is 6.15. The van der Waals surface area contributed by atoms with E-state index in [0.717, 1.165) is 64.8 Å². The highest BCUT2D eigenvalue weighted by Gasteiger charge is 2.09. The summed E-state index contributed by atoms with van der Waals surface area (Å²) in [5, 5.41) is 10.0. The number of hydrogen-bond donors (Lipinski definition) is 0. The van der Waals surface area contributed by atoms with Crippen molar-refractivity contribution in [3.8, 4) is 11.8 Å². The van der Waals surface area contributed by atoms with Crippen LogP contribution in [-0.2, 0) is 9.53 Å². The average molecular weight is 385 g/mol. The van der Waals surface area contributed by atoms with E-state index in [4.69, 9.17) is 14.7 Å². The van der Waals surface area contributed by atoms with E-state index in [2.05, 4.69) is 6.58 Å². The number of ether oxygens (including phenoxy) is 2. The molecule has 6 heteroatoms. The SMILES string of the molecule is C=CC(=O)OCCCCCCCOc1ccc2c(C)c(C#N)c(=O)sc2c1. The summed E-state index contributed by atoms with van der Waals surface area (Å²) < 4.78 is 11.3. The lowest BCUT2D eigenvalue weighted by Crippen LogP contribution is -2.03. The summed E-state index contributed by atoms with van der Waals surface area (Å²) >= 11 is 1.08. The molecule has 0 unspecified atom stereocenters. The van der Waals surface area contributed by atoms with Crippen molar-refractivity contribution < 1.29 is 14.3 Å². The molecule has 0 amide bonds. The number of carbonyl (C=O) groups excluding carboxylic acids is 1. The van der Waals surface area contributed by atoms with Crippen LogP contribution in [-0.4, -0.2) is 19.2 Å². The fourth-order valence-electron chi connectivity index (χ4n) is 2.71. The van der Waals surface area contributed by atoms with Crippen LogP contribution in [0, 0.1) is 18.3 Å². The van der Waals surface area contributed by atoms with E-state index in [9.17, 15) is 9.59 Å². The van der Waals surface area contributed by atoms with Gasteiger partial charge in [0.2, 0.25) is 0 Å². The predicted octanol–water partition coefficient (Wildman–Crippen LogP) is 4.50. The zero-order valence-corrected chi connectivity index (χ0v) is 16.3. The molecule has 0 aliphatic rings. The van der Waals surface area contributed by atoms with Gasteiger partial charge < -0.3 is 9.47 Å². The maximum atomic E-state index is 12.0. The minimum absolute atomic E-state index is 0.210. The van der Waals surface area contributed by atoms with Crippen molar-refractivity contribution >= 4 is 27.4 Å². The van der Waals surface area contributed by atoms with Crippen molar-refractivity contribution in [3.05, 3.63) is 51.5 Å². The Kier molecular flexibility index (Phi) is 8.02. The van der Waals surface area contributed by atoms with E-state index in [0.29, 0.717) is 13.2 Å². The molecule has 142 valence electrons. The van der Waals surface area contributed by atoms with E-state index in [1.54, 1.807) is 6.92 Å². The van der Waals surface area contributed by atoms with Gasteiger partial charge in [-0.05, 0) is 48.9 Å². The third-order valence-corrected chi connectivity index (χ3v) is 5.17. The number of hydrogen-bond acceptors (Lipinski definition) is 6. The lowest BCUT2D eigenvalue weighted by molar-refractivity contribution is -0.137. The Bertz CT molecular complexity index is 911. The number of nitrogens with zero attached hydrogens (tertiary/aromatic N) is 1. The van der Waals surface area contributed by atoms with Crippen molar-refractivity contribution in [2.75, 3.05) is 13.2 Å². The molecular weight excluding hydrogens is 362 g/mol. The summed E-state index contributed by atoms with van der Waals surface area (Å²) in [5.41, 5.74) is 0.946. The van der Waals surface area contributed by atoms with Crippen LogP contribution in [0.3, 0.4) is 0 Å². The van der Waals surface area contributed by atoms with E-state index < -0.39 is 0 Å². The maximum absolute atomic E-state index is 12.0. The highest BCUT2D eigenvalue weighted by molar-refractivity contribution is 7.16. The molecule has 0 spiro atoms. The van der Waals surface area contributed by atoms with Crippen LogP contribution in [0.2, 0.25) is 0 Å². The van der Waals surface area contributed by atoms with Gasteiger partial charge in [-0.1, -0.05) is 37.2 Å². The number of esters is 1. The first-order chi connectivity index (χ1) is 13.1.